The number of rotatable bonds is 3. The fourth-order valence-electron chi connectivity index (χ4n) is 3.58. The lowest BCUT2D eigenvalue weighted by molar-refractivity contribution is 0.203. The first-order valence-corrected chi connectivity index (χ1v) is 8.78. The first-order chi connectivity index (χ1) is 12.2. The summed E-state index contributed by atoms with van der Waals surface area (Å²) in [5, 5.41) is 1.10. The monoisotopic (exact) mass is 334 g/mol. The van der Waals surface area contributed by atoms with Gasteiger partial charge in [-0.05, 0) is 55.8 Å². The van der Waals surface area contributed by atoms with Crippen molar-refractivity contribution in [1.29, 1.82) is 0 Å². The van der Waals surface area contributed by atoms with Crippen LogP contribution in [0, 0.1) is 0 Å². The number of aryl methyl sites for hydroxylation is 1. The standard InChI is InChI=1S/C20H22N4O/c1-23-13-15(4-7-19(23)25)14-24-11-8-16(9-12-24)18-6-5-17-3-2-10-21-20(17)22-18/h2-7,10,13,16H,8-9,11-12,14H2,1H3. The summed E-state index contributed by atoms with van der Waals surface area (Å²) in [5.41, 5.74) is 3.23. The second-order valence-electron chi connectivity index (χ2n) is 6.82. The van der Waals surface area contributed by atoms with Crippen LogP contribution in [0.15, 0.2) is 53.6 Å². The van der Waals surface area contributed by atoms with E-state index in [1.165, 1.54) is 5.56 Å². The van der Waals surface area contributed by atoms with Gasteiger partial charge in [0.05, 0.1) is 0 Å². The average Bonchev–Trinajstić information content (AvgIpc) is 2.65. The number of likely N-dealkylation sites (tertiary alicyclic amines) is 1. The Labute approximate surface area is 147 Å². The third-order valence-corrected chi connectivity index (χ3v) is 5.04. The fourth-order valence-corrected chi connectivity index (χ4v) is 3.58. The van der Waals surface area contributed by atoms with E-state index in [1.54, 1.807) is 23.9 Å². The second kappa shape index (κ2) is 6.76. The lowest BCUT2D eigenvalue weighted by Gasteiger charge is -2.31. The lowest BCUT2D eigenvalue weighted by atomic mass is 9.92. The minimum atomic E-state index is 0.0402. The molecule has 0 atom stereocenters. The largest absolute Gasteiger partial charge is 0.318 e. The summed E-state index contributed by atoms with van der Waals surface area (Å²) >= 11 is 0. The maximum atomic E-state index is 11.5. The SMILES string of the molecule is Cn1cc(CN2CCC(c3ccc4cccnc4n3)CC2)ccc1=O. The van der Waals surface area contributed by atoms with Crippen molar-refractivity contribution in [2.24, 2.45) is 7.05 Å². The van der Waals surface area contributed by atoms with Crippen molar-refractivity contribution in [3.63, 3.8) is 0 Å². The molecule has 4 rings (SSSR count). The second-order valence-corrected chi connectivity index (χ2v) is 6.82. The summed E-state index contributed by atoms with van der Waals surface area (Å²) in [6.45, 7) is 3.00. The smallest absolute Gasteiger partial charge is 0.250 e. The van der Waals surface area contributed by atoms with Gasteiger partial charge in [0.15, 0.2) is 5.65 Å². The van der Waals surface area contributed by atoms with Gasteiger partial charge in [0.2, 0.25) is 5.56 Å². The summed E-state index contributed by atoms with van der Waals surface area (Å²) in [7, 11) is 1.80. The highest BCUT2D eigenvalue weighted by Gasteiger charge is 2.22. The normalized spacial score (nSPS) is 16.4. The molecule has 5 heteroatoms. The molecule has 0 N–H and O–H groups in total. The third-order valence-electron chi connectivity index (χ3n) is 5.04. The van der Waals surface area contributed by atoms with E-state index >= 15 is 0 Å². The zero-order valence-electron chi connectivity index (χ0n) is 14.4. The van der Waals surface area contributed by atoms with Gasteiger partial charge in [0, 0.05) is 49.1 Å². The average molecular weight is 334 g/mol. The number of hydrogen-bond donors (Lipinski definition) is 0. The van der Waals surface area contributed by atoms with Crippen molar-refractivity contribution >= 4 is 11.0 Å². The number of piperidine rings is 1. The van der Waals surface area contributed by atoms with Crippen molar-refractivity contribution in [3.8, 4) is 0 Å². The molecule has 0 aromatic carbocycles. The first kappa shape index (κ1) is 16.0. The van der Waals surface area contributed by atoms with Crippen LogP contribution in [0.2, 0.25) is 0 Å². The molecule has 25 heavy (non-hydrogen) atoms. The Morgan fingerprint density at radius 2 is 1.96 bits per heavy atom. The maximum Gasteiger partial charge on any atom is 0.250 e. The summed E-state index contributed by atoms with van der Waals surface area (Å²) in [6, 6.07) is 11.9. The van der Waals surface area contributed by atoms with Crippen LogP contribution in [0.25, 0.3) is 11.0 Å². The van der Waals surface area contributed by atoms with Crippen LogP contribution in [-0.4, -0.2) is 32.5 Å². The molecular formula is C20H22N4O. The predicted octanol–water partition coefficient (Wildman–Crippen LogP) is 2.71. The number of aromatic nitrogens is 3. The zero-order valence-corrected chi connectivity index (χ0v) is 14.4. The van der Waals surface area contributed by atoms with E-state index in [4.69, 9.17) is 4.98 Å². The Morgan fingerprint density at radius 1 is 1.12 bits per heavy atom. The van der Waals surface area contributed by atoms with Gasteiger partial charge in [-0.3, -0.25) is 9.69 Å². The number of pyridine rings is 3. The predicted molar refractivity (Wildman–Crippen MR) is 98.5 cm³/mol. The topological polar surface area (TPSA) is 51.0 Å². The lowest BCUT2D eigenvalue weighted by Crippen LogP contribution is -2.33. The van der Waals surface area contributed by atoms with E-state index in [0.717, 1.165) is 49.2 Å². The van der Waals surface area contributed by atoms with Crippen LogP contribution < -0.4 is 5.56 Å². The van der Waals surface area contributed by atoms with Crippen molar-refractivity contribution in [2.45, 2.75) is 25.3 Å². The molecule has 5 nitrogen and oxygen atoms in total. The van der Waals surface area contributed by atoms with Gasteiger partial charge in [-0.15, -0.1) is 0 Å². The summed E-state index contributed by atoms with van der Waals surface area (Å²) in [6.07, 6.45) is 5.95. The van der Waals surface area contributed by atoms with Crippen molar-refractivity contribution in [3.05, 3.63) is 70.4 Å². The number of fused-ring (bicyclic) bond motifs is 1. The molecule has 4 heterocycles. The molecule has 3 aromatic rings. The van der Waals surface area contributed by atoms with E-state index in [1.807, 2.05) is 18.3 Å². The summed E-state index contributed by atoms with van der Waals surface area (Å²) in [4.78, 5) is 23.1. The van der Waals surface area contributed by atoms with Gasteiger partial charge in [0.1, 0.15) is 0 Å². The third kappa shape index (κ3) is 3.46. The molecule has 128 valence electrons. The van der Waals surface area contributed by atoms with Gasteiger partial charge in [-0.1, -0.05) is 6.07 Å². The number of nitrogens with zero attached hydrogens (tertiary/aromatic N) is 4. The van der Waals surface area contributed by atoms with E-state index in [2.05, 4.69) is 28.1 Å². The molecule has 0 bridgehead atoms. The molecule has 1 saturated heterocycles. The molecule has 1 aliphatic heterocycles. The molecule has 0 radical (unpaired) electrons. The highest BCUT2D eigenvalue weighted by molar-refractivity contribution is 5.74. The summed E-state index contributed by atoms with van der Waals surface area (Å²) < 4.78 is 1.65. The van der Waals surface area contributed by atoms with Gasteiger partial charge in [0.25, 0.3) is 0 Å². The Kier molecular flexibility index (Phi) is 4.32. The number of hydrogen-bond acceptors (Lipinski definition) is 4. The van der Waals surface area contributed by atoms with Crippen LogP contribution in [0.5, 0.6) is 0 Å². The Morgan fingerprint density at radius 3 is 2.76 bits per heavy atom. The maximum absolute atomic E-state index is 11.5. The molecule has 0 saturated carbocycles. The Balaban J connectivity index is 1.41. The van der Waals surface area contributed by atoms with Crippen molar-refractivity contribution in [2.75, 3.05) is 13.1 Å². The first-order valence-electron chi connectivity index (χ1n) is 8.78. The molecule has 1 aliphatic rings. The van der Waals surface area contributed by atoms with Crippen LogP contribution in [-0.2, 0) is 13.6 Å². The fraction of sp³-hybridized carbons (Fsp3) is 0.350. The zero-order chi connectivity index (χ0) is 17.2. The highest BCUT2D eigenvalue weighted by Crippen LogP contribution is 2.28. The van der Waals surface area contributed by atoms with Gasteiger partial charge >= 0.3 is 0 Å². The molecule has 3 aromatic heterocycles. The van der Waals surface area contributed by atoms with E-state index in [-0.39, 0.29) is 5.56 Å². The van der Waals surface area contributed by atoms with Crippen LogP contribution in [0.3, 0.4) is 0 Å². The van der Waals surface area contributed by atoms with E-state index in [0.29, 0.717) is 5.92 Å². The molecule has 0 aliphatic carbocycles. The molecule has 0 unspecified atom stereocenters. The Bertz CT molecular complexity index is 942. The van der Waals surface area contributed by atoms with E-state index in [9.17, 15) is 4.79 Å². The molecule has 0 amide bonds. The van der Waals surface area contributed by atoms with Crippen LogP contribution in [0.1, 0.15) is 30.0 Å². The highest BCUT2D eigenvalue weighted by atomic mass is 16.1. The van der Waals surface area contributed by atoms with Crippen LogP contribution in [0.4, 0.5) is 0 Å². The summed E-state index contributed by atoms with van der Waals surface area (Å²) in [5.74, 6) is 0.503. The minimum absolute atomic E-state index is 0.0402. The molecule has 1 fully saturated rings. The molecular weight excluding hydrogens is 312 g/mol. The van der Waals surface area contributed by atoms with Crippen molar-refractivity contribution < 1.29 is 0 Å². The molecule has 0 spiro atoms. The van der Waals surface area contributed by atoms with Crippen molar-refractivity contribution in [1.82, 2.24) is 19.4 Å². The quantitative estimate of drug-likeness (QED) is 0.739. The minimum Gasteiger partial charge on any atom is -0.318 e. The van der Waals surface area contributed by atoms with E-state index < -0.39 is 0 Å². The van der Waals surface area contributed by atoms with Gasteiger partial charge in [-0.2, -0.15) is 0 Å². The Hall–Kier alpha value is -2.53. The van der Waals surface area contributed by atoms with Gasteiger partial charge < -0.3 is 4.57 Å². The van der Waals surface area contributed by atoms with Gasteiger partial charge in [-0.25, -0.2) is 9.97 Å². The van der Waals surface area contributed by atoms with Crippen LogP contribution >= 0.6 is 0 Å².